The third-order valence-electron chi connectivity index (χ3n) is 3.85. The number of nitrogens with zero attached hydrogens (tertiary/aromatic N) is 3. The molecule has 0 saturated carbocycles. The quantitative estimate of drug-likeness (QED) is 0.597. The summed E-state index contributed by atoms with van der Waals surface area (Å²) in [6.45, 7) is 6.71. The summed E-state index contributed by atoms with van der Waals surface area (Å²) in [5.41, 5.74) is -0.163. The topological polar surface area (TPSA) is 55.2 Å². The van der Waals surface area contributed by atoms with Crippen molar-refractivity contribution in [1.82, 2.24) is 14.5 Å². The summed E-state index contributed by atoms with van der Waals surface area (Å²) in [6, 6.07) is 5.83. The van der Waals surface area contributed by atoms with Gasteiger partial charge in [0, 0.05) is 16.3 Å². The Bertz CT molecular complexity index is 941. The van der Waals surface area contributed by atoms with E-state index in [-0.39, 0.29) is 18.0 Å². The summed E-state index contributed by atoms with van der Waals surface area (Å²) < 4.78 is 1.39. The molecule has 3 heterocycles. The highest BCUT2D eigenvalue weighted by Gasteiger charge is 2.16. The Balaban J connectivity index is 1.83. The van der Waals surface area contributed by atoms with E-state index in [9.17, 15) is 9.59 Å². The predicted octanol–water partition coefficient (Wildman–Crippen LogP) is 3.30. The molecule has 0 aliphatic heterocycles. The molecule has 5 nitrogen and oxygen atoms in total. The molecular formula is C18H19N3O2S2. The molecule has 0 atom stereocenters. The van der Waals surface area contributed by atoms with Crippen LogP contribution in [0.4, 0.5) is 0 Å². The molecule has 0 aromatic carbocycles. The van der Waals surface area contributed by atoms with Crippen LogP contribution in [0.5, 0.6) is 0 Å². The van der Waals surface area contributed by atoms with Crippen molar-refractivity contribution in [2.45, 2.75) is 26.4 Å². The van der Waals surface area contributed by atoms with Crippen molar-refractivity contribution in [1.29, 1.82) is 0 Å². The minimum absolute atomic E-state index is 0.0156. The average molecular weight is 374 g/mol. The van der Waals surface area contributed by atoms with Gasteiger partial charge in [-0.3, -0.25) is 14.2 Å². The molecule has 7 heteroatoms. The van der Waals surface area contributed by atoms with Gasteiger partial charge < -0.3 is 4.90 Å². The molecule has 0 saturated heterocycles. The van der Waals surface area contributed by atoms with E-state index in [1.54, 1.807) is 22.3 Å². The zero-order valence-corrected chi connectivity index (χ0v) is 15.6. The molecule has 25 heavy (non-hydrogen) atoms. The van der Waals surface area contributed by atoms with Gasteiger partial charge in [-0.25, -0.2) is 4.98 Å². The largest absolute Gasteiger partial charge is 0.332 e. The van der Waals surface area contributed by atoms with E-state index >= 15 is 0 Å². The van der Waals surface area contributed by atoms with Crippen molar-refractivity contribution in [2.75, 3.05) is 6.54 Å². The maximum absolute atomic E-state index is 12.7. The molecule has 0 radical (unpaired) electrons. The van der Waals surface area contributed by atoms with Crippen LogP contribution >= 0.6 is 22.7 Å². The molecule has 0 N–H and O–H groups in total. The lowest BCUT2D eigenvalue weighted by Crippen LogP contribution is -2.36. The molecule has 3 aromatic rings. The van der Waals surface area contributed by atoms with Crippen molar-refractivity contribution in [2.24, 2.45) is 0 Å². The van der Waals surface area contributed by atoms with Crippen LogP contribution in [0.1, 0.15) is 16.7 Å². The number of amides is 1. The molecule has 3 rings (SSSR count). The van der Waals surface area contributed by atoms with Gasteiger partial charge in [-0.1, -0.05) is 19.1 Å². The van der Waals surface area contributed by atoms with Crippen LogP contribution in [-0.4, -0.2) is 26.9 Å². The second-order valence-corrected chi connectivity index (χ2v) is 7.75. The maximum atomic E-state index is 12.7. The van der Waals surface area contributed by atoms with Crippen molar-refractivity contribution in [3.05, 3.63) is 62.7 Å². The second kappa shape index (κ2) is 7.76. The first kappa shape index (κ1) is 17.6. The summed E-state index contributed by atoms with van der Waals surface area (Å²) in [6.07, 6.45) is 4.03. The minimum atomic E-state index is -0.163. The first-order valence-corrected chi connectivity index (χ1v) is 9.71. The van der Waals surface area contributed by atoms with Gasteiger partial charge in [-0.2, -0.15) is 0 Å². The molecule has 130 valence electrons. The molecule has 0 spiro atoms. The molecule has 0 aliphatic carbocycles. The number of rotatable bonds is 7. The molecular weight excluding hydrogens is 354 g/mol. The second-order valence-electron chi connectivity index (χ2n) is 5.61. The Morgan fingerprint density at radius 3 is 2.96 bits per heavy atom. The van der Waals surface area contributed by atoms with Gasteiger partial charge in [-0.15, -0.1) is 29.3 Å². The zero-order valence-electron chi connectivity index (χ0n) is 14.0. The highest BCUT2D eigenvalue weighted by atomic mass is 32.1. The summed E-state index contributed by atoms with van der Waals surface area (Å²) in [4.78, 5) is 34.3. The summed E-state index contributed by atoms with van der Waals surface area (Å²) in [7, 11) is 0. The van der Waals surface area contributed by atoms with E-state index in [0.717, 1.165) is 21.0 Å². The van der Waals surface area contributed by atoms with Gasteiger partial charge in [0.1, 0.15) is 11.4 Å². The van der Waals surface area contributed by atoms with Crippen LogP contribution in [0.3, 0.4) is 0 Å². The fourth-order valence-electron chi connectivity index (χ4n) is 2.54. The summed E-state index contributed by atoms with van der Waals surface area (Å²) in [5, 5.41) is 2.57. The highest BCUT2D eigenvalue weighted by molar-refractivity contribution is 7.18. The van der Waals surface area contributed by atoms with Crippen molar-refractivity contribution in [3.8, 4) is 0 Å². The monoisotopic (exact) mass is 373 g/mol. The lowest BCUT2D eigenvalue weighted by atomic mass is 10.3. The Labute approximate surface area is 153 Å². The summed E-state index contributed by atoms with van der Waals surface area (Å²) >= 11 is 3.13. The van der Waals surface area contributed by atoms with Crippen molar-refractivity contribution in [3.63, 3.8) is 0 Å². The third kappa shape index (κ3) is 3.88. The zero-order chi connectivity index (χ0) is 17.8. The fraction of sp³-hybridized carbons (Fsp3) is 0.278. The Morgan fingerprint density at radius 1 is 1.44 bits per heavy atom. The SMILES string of the molecule is C=CCN(Cc1cccs1)C(=O)Cn1cnc2sc(CC)cc2c1=O. The molecule has 0 fully saturated rings. The van der Waals surface area contributed by atoms with E-state index in [0.29, 0.717) is 18.5 Å². The van der Waals surface area contributed by atoms with E-state index in [1.807, 2.05) is 30.5 Å². The Hall–Kier alpha value is -2.25. The van der Waals surface area contributed by atoms with Crippen LogP contribution in [-0.2, 0) is 24.3 Å². The number of fused-ring (bicyclic) bond motifs is 1. The van der Waals surface area contributed by atoms with Crippen LogP contribution < -0.4 is 5.56 Å². The van der Waals surface area contributed by atoms with Gasteiger partial charge in [0.2, 0.25) is 5.91 Å². The lowest BCUT2D eigenvalue weighted by Gasteiger charge is -2.20. The number of aromatic nitrogens is 2. The highest BCUT2D eigenvalue weighted by Crippen LogP contribution is 2.21. The smallest absolute Gasteiger partial charge is 0.262 e. The molecule has 0 aliphatic rings. The minimum Gasteiger partial charge on any atom is -0.332 e. The number of thiophene rings is 2. The molecule has 0 unspecified atom stereocenters. The van der Waals surface area contributed by atoms with Gasteiger partial charge >= 0.3 is 0 Å². The van der Waals surface area contributed by atoms with Gasteiger partial charge in [0.05, 0.1) is 18.3 Å². The molecule has 0 bridgehead atoms. The first-order valence-electron chi connectivity index (χ1n) is 8.01. The van der Waals surface area contributed by atoms with E-state index in [2.05, 4.69) is 11.6 Å². The van der Waals surface area contributed by atoms with Gasteiger partial charge in [-0.05, 0) is 23.9 Å². The number of aryl methyl sites for hydroxylation is 1. The first-order chi connectivity index (χ1) is 12.1. The normalized spacial score (nSPS) is 10.9. The van der Waals surface area contributed by atoms with Crippen molar-refractivity contribution >= 4 is 38.8 Å². The predicted molar refractivity (Wildman–Crippen MR) is 103 cm³/mol. The van der Waals surface area contributed by atoms with E-state index in [1.165, 1.54) is 22.2 Å². The van der Waals surface area contributed by atoms with Crippen LogP contribution in [0.25, 0.3) is 10.2 Å². The Morgan fingerprint density at radius 2 is 2.28 bits per heavy atom. The number of hydrogen-bond donors (Lipinski definition) is 0. The summed E-state index contributed by atoms with van der Waals surface area (Å²) in [5.74, 6) is -0.123. The molecule has 1 amide bonds. The van der Waals surface area contributed by atoms with E-state index < -0.39 is 0 Å². The third-order valence-corrected chi connectivity index (χ3v) is 5.90. The Kier molecular flexibility index (Phi) is 5.45. The lowest BCUT2D eigenvalue weighted by molar-refractivity contribution is -0.131. The average Bonchev–Trinajstić information content (AvgIpc) is 3.26. The molecule has 3 aromatic heterocycles. The number of carbonyl (C=O) groups is 1. The number of carbonyl (C=O) groups excluding carboxylic acids is 1. The van der Waals surface area contributed by atoms with Gasteiger partial charge in [0.15, 0.2) is 0 Å². The fourth-order valence-corrected chi connectivity index (χ4v) is 4.19. The maximum Gasteiger partial charge on any atom is 0.262 e. The number of hydrogen-bond acceptors (Lipinski definition) is 5. The standard InChI is InChI=1S/C18H19N3O2S2/c1-3-7-20(10-14-6-5-8-24-14)16(22)11-21-12-19-17-15(18(21)23)9-13(4-2)25-17/h3,5-6,8-9,12H,1,4,7,10-11H2,2H3. The van der Waals surface area contributed by atoms with E-state index in [4.69, 9.17) is 0 Å². The van der Waals surface area contributed by atoms with Gasteiger partial charge in [0.25, 0.3) is 5.56 Å². The van der Waals surface area contributed by atoms with Crippen LogP contribution in [0.2, 0.25) is 0 Å². The van der Waals surface area contributed by atoms with Crippen LogP contribution in [0.15, 0.2) is 47.4 Å². The van der Waals surface area contributed by atoms with Crippen LogP contribution in [0, 0.1) is 0 Å². The van der Waals surface area contributed by atoms with Crippen molar-refractivity contribution < 1.29 is 4.79 Å².